The molecule has 0 spiro atoms. The second-order valence-electron chi connectivity index (χ2n) is 6.30. The van der Waals surface area contributed by atoms with Crippen LogP contribution in [0.5, 0.6) is 11.5 Å². The summed E-state index contributed by atoms with van der Waals surface area (Å²) in [5.74, 6) is -0.561. The molecule has 0 aliphatic heterocycles. The van der Waals surface area contributed by atoms with Crippen LogP contribution in [0.1, 0.15) is 27.6 Å². The van der Waals surface area contributed by atoms with Crippen LogP contribution in [0.4, 0.5) is 0 Å². The Balaban J connectivity index is 1.49. The van der Waals surface area contributed by atoms with Gasteiger partial charge in [-0.05, 0) is 55.5 Å². The number of hydrazine groups is 1. The molecule has 7 heteroatoms. The van der Waals surface area contributed by atoms with Crippen molar-refractivity contribution in [2.45, 2.75) is 13.0 Å². The first-order chi connectivity index (χ1) is 14.5. The lowest BCUT2D eigenvalue weighted by molar-refractivity contribution is -0.129. The number of amides is 2. The number of rotatable bonds is 6. The topological polar surface area (TPSA) is 93.7 Å². The highest BCUT2D eigenvalue weighted by Gasteiger charge is 2.19. The molecule has 0 radical (unpaired) electrons. The number of ether oxygens (including phenoxy) is 2. The molecule has 0 saturated heterocycles. The van der Waals surface area contributed by atoms with Gasteiger partial charge in [0, 0.05) is 5.56 Å². The number of hydrogen-bond donors (Lipinski definition) is 2. The predicted octanol–water partition coefficient (Wildman–Crippen LogP) is 3.49. The average molecular weight is 404 g/mol. The Bertz CT molecular complexity index is 1000. The van der Waals surface area contributed by atoms with Crippen LogP contribution in [0.15, 0.2) is 84.9 Å². The van der Waals surface area contributed by atoms with Crippen molar-refractivity contribution in [3.8, 4) is 11.5 Å². The Kier molecular flexibility index (Phi) is 6.78. The molecular formula is C23H20N2O5. The molecule has 3 rings (SSSR count). The van der Waals surface area contributed by atoms with E-state index in [1.165, 1.54) is 6.92 Å². The van der Waals surface area contributed by atoms with Crippen LogP contribution in [0.2, 0.25) is 0 Å². The van der Waals surface area contributed by atoms with Gasteiger partial charge in [0.25, 0.3) is 11.8 Å². The molecular weight excluding hydrogens is 384 g/mol. The van der Waals surface area contributed by atoms with E-state index in [4.69, 9.17) is 9.47 Å². The standard InChI is InChI=1S/C23H20N2O5/c1-16(21(26)24-25-22(27)17-8-4-2-5-9-17)29-23(28)18-12-14-20(15-13-18)30-19-10-6-3-7-11-19/h2-16H,1H3,(H,24,26)(H,25,27)/t16-/m1/s1. The van der Waals surface area contributed by atoms with Gasteiger partial charge in [0.05, 0.1) is 5.56 Å². The van der Waals surface area contributed by atoms with E-state index in [0.29, 0.717) is 17.1 Å². The van der Waals surface area contributed by atoms with Gasteiger partial charge in [0.1, 0.15) is 11.5 Å². The quantitative estimate of drug-likeness (QED) is 0.485. The molecule has 0 aliphatic rings. The summed E-state index contributed by atoms with van der Waals surface area (Å²) >= 11 is 0. The summed E-state index contributed by atoms with van der Waals surface area (Å²) in [5.41, 5.74) is 5.17. The van der Waals surface area contributed by atoms with Crippen molar-refractivity contribution >= 4 is 17.8 Å². The Morgan fingerprint density at radius 1 is 0.700 bits per heavy atom. The first-order valence-corrected chi connectivity index (χ1v) is 9.22. The minimum atomic E-state index is -1.10. The van der Waals surface area contributed by atoms with E-state index in [9.17, 15) is 14.4 Å². The molecule has 0 bridgehead atoms. The number of carbonyl (C=O) groups excluding carboxylic acids is 3. The summed E-state index contributed by atoms with van der Waals surface area (Å²) in [6.07, 6.45) is -1.10. The van der Waals surface area contributed by atoms with Crippen molar-refractivity contribution in [2.24, 2.45) is 0 Å². The van der Waals surface area contributed by atoms with Crippen molar-refractivity contribution < 1.29 is 23.9 Å². The molecule has 30 heavy (non-hydrogen) atoms. The van der Waals surface area contributed by atoms with Crippen LogP contribution < -0.4 is 15.6 Å². The van der Waals surface area contributed by atoms with Gasteiger partial charge in [-0.15, -0.1) is 0 Å². The highest BCUT2D eigenvalue weighted by molar-refractivity contribution is 5.96. The summed E-state index contributed by atoms with van der Waals surface area (Å²) in [6.45, 7) is 1.41. The van der Waals surface area contributed by atoms with Crippen LogP contribution in [0.25, 0.3) is 0 Å². The van der Waals surface area contributed by atoms with Gasteiger partial charge in [-0.1, -0.05) is 36.4 Å². The van der Waals surface area contributed by atoms with Gasteiger partial charge in [-0.25, -0.2) is 4.79 Å². The van der Waals surface area contributed by atoms with Crippen LogP contribution in [0.3, 0.4) is 0 Å². The van der Waals surface area contributed by atoms with Crippen molar-refractivity contribution in [3.05, 3.63) is 96.1 Å². The molecule has 3 aromatic rings. The molecule has 7 nitrogen and oxygen atoms in total. The van der Waals surface area contributed by atoms with E-state index in [-0.39, 0.29) is 5.56 Å². The molecule has 0 aliphatic carbocycles. The third kappa shape index (κ3) is 5.68. The van der Waals surface area contributed by atoms with Crippen molar-refractivity contribution in [1.29, 1.82) is 0 Å². The first-order valence-electron chi connectivity index (χ1n) is 9.22. The SMILES string of the molecule is C[C@@H](OC(=O)c1ccc(Oc2ccccc2)cc1)C(=O)NNC(=O)c1ccccc1. The van der Waals surface area contributed by atoms with Crippen LogP contribution in [0, 0.1) is 0 Å². The van der Waals surface area contributed by atoms with E-state index in [1.807, 2.05) is 30.3 Å². The number of nitrogens with one attached hydrogen (secondary N) is 2. The monoisotopic (exact) mass is 404 g/mol. The Hall–Kier alpha value is -4.13. The Morgan fingerprint density at radius 3 is 1.90 bits per heavy atom. The van der Waals surface area contributed by atoms with Crippen molar-refractivity contribution in [2.75, 3.05) is 0 Å². The molecule has 0 unspecified atom stereocenters. The highest BCUT2D eigenvalue weighted by Crippen LogP contribution is 2.21. The van der Waals surface area contributed by atoms with Crippen LogP contribution in [-0.2, 0) is 9.53 Å². The van der Waals surface area contributed by atoms with E-state index >= 15 is 0 Å². The summed E-state index contributed by atoms with van der Waals surface area (Å²) in [4.78, 5) is 36.3. The molecule has 2 amide bonds. The maximum absolute atomic E-state index is 12.3. The van der Waals surface area contributed by atoms with Gasteiger partial charge in [-0.3, -0.25) is 20.4 Å². The van der Waals surface area contributed by atoms with Gasteiger partial charge in [0.2, 0.25) is 0 Å². The van der Waals surface area contributed by atoms with Crippen LogP contribution in [-0.4, -0.2) is 23.9 Å². The maximum Gasteiger partial charge on any atom is 0.338 e. The summed E-state index contributed by atoms with van der Waals surface area (Å²) in [6, 6.07) is 24.0. The number of esters is 1. The van der Waals surface area contributed by atoms with Crippen LogP contribution >= 0.6 is 0 Å². The van der Waals surface area contributed by atoms with Gasteiger partial charge in [0.15, 0.2) is 6.10 Å². The average Bonchev–Trinajstić information content (AvgIpc) is 2.79. The van der Waals surface area contributed by atoms with Gasteiger partial charge >= 0.3 is 5.97 Å². The third-order valence-electron chi connectivity index (χ3n) is 4.06. The zero-order valence-corrected chi connectivity index (χ0v) is 16.2. The maximum atomic E-state index is 12.3. The molecule has 1 atom stereocenters. The second-order valence-corrected chi connectivity index (χ2v) is 6.30. The van der Waals surface area contributed by atoms with E-state index < -0.39 is 23.9 Å². The predicted molar refractivity (Wildman–Crippen MR) is 110 cm³/mol. The number of hydrogen-bond acceptors (Lipinski definition) is 5. The van der Waals surface area contributed by atoms with Crippen molar-refractivity contribution in [1.82, 2.24) is 10.9 Å². The number of benzene rings is 3. The molecule has 0 heterocycles. The summed E-state index contributed by atoms with van der Waals surface area (Å²) in [5, 5.41) is 0. The molecule has 0 fully saturated rings. The highest BCUT2D eigenvalue weighted by atomic mass is 16.5. The summed E-state index contributed by atoms with van der Waals surface area (Å²) in [7, 11) is 0. The van der Waals surface area contributed by atoms with E-state index in [2.05, 4.69) is 10.9 Å². The van der Waals surface area contributed by atoms with E-state index in [1.54, 1.807) is 54.6 Å². The molecule has 2 N–H and O–H groups in total. The largest absolute Gasteiger partial charge is 0.457 e. The Labute approximate surface area is 173 Å². The Morgan fingerprint density at radius 2 is 1.27 bits per heavy atom. The molecule has 3 aromatic carbocycles. The minimum Gasteiger partial charge on any atom is -0.457 e. The fourth-order valence-corrected chi connectivity index (χ4v) is 2.45. The van der Waals surface area contributed by atoms with Gasteiger partial charge in [-0.2, -0.15) is 0 Å². The molecule has 152 valence electrons. The molecule has 0 saturated carbocycles. The van der Waals surface area contributed by atoms with Crippen molar-refractivity contribution in [3.63, 3.8) is 0 Å². The fraction of sp³-hybridized carbons (Fsp3) is 0.0870. The van der Waals surface area contributed by atoms with E-state index in [0.717, 1.165) is 0 Å². The zero-order chi connectivity index (χ0) is 21.3. The lowest BCUT2D eigenvalue weighted by Crippen LogP contribution is -2.46. The second kappa shape index (κ2) is 9.88. The summed E-state index contributed by atoms with van der Waals surface area (Å²) < 4.78 is 10.8. The smallest absolute Gasteiger partial charge is 0.338 e. The third-order valence-corrected chi connectivity index (χ3v) is 4.06. The fourth-order valence-electron chi connectivity index (χ4n) is 2.45. The lowest BCUT2D eigenvalue weighted by Gasteiger charge is -2.14. The van der Waals surface area contributed by atoms with Gasteiger partial charge < -0.3 is 9.47 Å². The molecule has 0 aromatic heterocycles. The number of carbonyl (C=O) groups is 3. The normalized spacial score (nSPS) is 11.1. The zero-order valence-electron chi connectivity index (χ0n) is 16.2. The lowest BCUT2D eigenvalue weighted by atomic mass is 10.2. The minimum absolute atomic E-state index is 0.267. The first kappa shape index (κ1) is 20.6. The number of para-hydroxylation sites is 1.